The normalized spacial score (nSPS) is 14.8. The molecule has 5 heteroatoms. The highest BCUT2D eigenvalue weighted by atomic mass is 16.5. The Morgan fingerprint density at radius 1 is 1.04 bits per heavy atom. The van der Waals surface area contributed by atoms with Crippen LogP contribution in [0.25, 0.3) is 0 Å². The van der Waals surface area contributed by atoms with Crippen LogP contribution in [0.15, 0.2) is 54.6 Å². The van der Waals surface area contributed by atoms with Crippen molar-refractivity contribution in [3.05, 3.63) is 65.7 Å². The first-order chi connectivity index (χ1) is 12.6. The molecule has 0 bridgehead atoms. The molecule has 136 valence electrons. The van der Waals surface area contributed by atoms with Gasteiger partial charge in [-0.3, -0.25) is 9.59 Å². The second kappa shape index (κ2) is 8.04. The van der Waals surface area contributed by atoms with Crippen LogP contribution in [-0.2, 0) is 10.3 Å². The van der Waals surface area contributed by atoms with Gasteiger partial charge in [0.25, 0.3) is 5.91 Å². The molecule has 2 N–H and O–H groups in total. The van der Waals surface area contributed by atoms with E-state index in [0.29, 0.717) is 17.9 Å². The van der Waals surface area contributed by atoms with Gasteiger partial charge >= 0.3 is 0 Å². The molecule has 2 aromatic carbocycles. The first-order valence-electron chi connectivity index (χ1n) is 9.01. The Kier molecular flexibility index (Phi) is 5.56. The van der Waals surface area contributed by atoms with Gasteiger partial charge in [0, 0.05) is 0 Å². The lowest BCUT2D eigenvalue weighted by Crippen LogP contribution is -2.53. The summed E-state index contributed by atoms with van der Waals surface area (Å²) in [7, 11) is 0. The zero-order valence-corrected chi connectivity index (χ0v) is 15.0. The van der Waals surface area contributed by atoms with Crippen molar-refractivity contribution in [2.75, 3.05) is 13.2 Å². The van der Waals surface area contributed by atoms with E-state index in [4.69, 9.17) is 4.74 Å². The summed E-state index contributed by atoms with van der Waals surface area (Å²) in [5, 5.41) is 5.80. The lowest BCUT2D eigenvalue weighted by molar-refractivity contribution is -0.123. The highest BCUT2D eigenvalue weighted by Crippen LogP contribution is 2.41. The highest BCUT2D eigenvalue weighted by Gasteiger charge is 2.39. The minimum atomic E-state index is -0.313. The molecule has 0 atom stereocenters. The Morgan fingerprint density at radius 2 is 1.73 bits per heavy atom. The van der Waals surface area contributed by atoms with Crippen molar-refractivity contribution in [2.45, 2.75) is 31.7 Å². The fourth-order valence-electron chi connectivity index (χ4n) is 3.28. The Balaban J connectivity index is 1.60. The zero-order valence-electron chi connectivity index (χ0n) is 15.0. The van der Waals surface area contributed by atoms with E-state index in [2.05, 4.69) is 10.6 Å². The number of ether oxygens (including phenoxy) is 1. The predicted molar refractivity (Wildman–Crippen MR) is 100 cm³/mol. The van der Waals surface area contributed by atoms with Gasteiger partial charge in [-0.15, -0.1) is 0 Å². The molecule has 0 aromatic heterocycles. The maximum absolute atomic E-state index is 12.4. The molecule has 1 aliphatic carbocycles. The van der Waals surface area contributed by atoms with Crippen LogP contribution in [-0.4, -0.2) is 25.0 Å². The molecule has 1 saturated carbocycles. The average molecular weight is 352 g/mol. The minimum absolute atomic E-state index is 0.0616. The molecule has 2 aromatic rings. The van der Waals surface area contributed by atoms with E-state index < -0.39 is 0 Å². The van der Waals surface area contributed by atoms with Crippen molar-refractivity contribution in [3.8, 4) is 5.75 Å². The van der Waals surface area contributed by atoms with Crippen molar-refractivity contribution >= 4 is 11.8 Å². The second-order valence-electron chi connectivity index (χ2n) is 6.46. The van der Waals surface area contributed by atoms with Crippen LogP contribution in [0.1, 0.15) is 42.1 Å². The maximum atomic E-state index is 12.4. The lowest BCUT2D eigenvalue weighted by Gasteiger charge is -2.43. The molecule has 3 rings (SSSR count). The van der Waals surface area contributed by atoms with Crippen molar-refractivity contribution < 1.29 is 14.3 Å². The summed E-state index contributed by atoms with van der Waals surface area (Å²) in [5.41, 5.74) is 1.25. The summed E-state index contributed by atoms with van der Waals surface area (Å²) in [6.45, 7) is 2.28. The number of carbonyl (C=O) groups excluding carboxylic acids is 2. The van der Waals surface area contributed by atoms with Crippen LogP contribution in [0.4, 0.5) is 0 Å². The Bertz CT molecular complexity index is 770. The molecule has 0 radical (unpaired) electrons. The molecule has 0 spiro atoms. The molecule has 2 amide bonds. The van der Waals surface area contributed by atoms with Crippen LogP contribution >= 0.6 is 0 Å². The fourth-order valence-corrected chi connectivity index (χ4v) is 3.28. The van der Waals surface area contributed by atoms with Crippen molar-refractivity contribution in [1.82, 2.24) is 10.6 Å². The van der Waals surface area contributed by atoms with E-state index in [0.717, 1.165) is 24.8 Å². The SMILES string of the molecule is CCOc1ccccc1C(=O)NCC(=O)NC1(c2ccccc2)CCC1. The van der Waals surface area contributed by atoms with Crippen molar-refractivity contribution in [1.29, 1.82) is 0 Å². The van der Waals surface area contributed by atoms with Gasteiger partial charge in [-0.05, 0) is 43.9 Å². The van der Waals surface area contributed by atoms with Gasteiger partial charge in [-0.1, -0.05) is 42.5 Å². The summed E-state index contributed by atoms with van der Waals surface area (Å²) in [6, 6.07) is 17.0. The monoisotopic (exact) mass is 352 g/mol. The predicted octanol–water partition coefficient (Wildman–Crippen LogP) is 3.01. The molecular formula is C21H24N2O3. The number of nitrogens with one attached hydrogen (secondary N) is 2. The first kappa shape index (κ1) is 18.0. The number of hydrogen-bond acceptors (Lipinski definition) is 3. The average Bonchev–Trinajstić information content (AvgIpc) is 2.64. The molecule has 0 unspecified atom stereocenters. The van der Waals surface area contributed by atoms with Crippen molar-refractivity contribution in [3.63, 3.8) is 0 Å². The Morgan fingerprint density at radius 3 is 2.38 bits per heavy atom. The highest BCUT2D eigenvalue weighted by molar-refractivity contribution is 5.98. The van der Waals surface area contributed by atoms with E-state index >= 15 is 0 Å². The van der Waals surface area contributed by atoms with Crippen LogP contribution in [0, 0.1) is 0 Å². The third kappa shape index (κ3) is 3.87. The molecule has 0 aliphatic heterocycles. The number of carbonyl (C=O) groups is 2. The quantitative estimate of drug-likeness (QED) is 0.805. The van der Waals surface area contributed by atoms with Gasteiger partial charge in [0.2, 0.25) is 5.91 Å². The minimum Gasteiger partial charge on any atom is -0.493 e. The van der Waals surface area contributed by atoms with Crippen LogP contribution in [0.5, 0.6) is 5.75 Å². The second-order valence-corrected chi connectivity index (χ2v) is 6.46. The number of hydrogen-bond donors (Lipinski definition) is 2. The molecule has 1 fully saturated rings. The summed E-state index contributed by atoms with van der Waals surface area (Å²) >= 11 is 0. The van der Waals surface area contributed by atoms with E-state index in [9.17, 15) is 9.59 Å². The van der Waals surface area contributed by atoms with E-state index in [1.54, 1.807) is 18.2 Å². The topological polar surface area (TPSA) is 67.4 Å². The summed E-state index contributed by atoms with van der Waals surface area (Å²) < 4.78 is 5.47. The standard InChI is InChI=1S/C21H24N2O3/c1-2-26-18-12-7-6-11-17(18)20(25)22-15-19(24)23-21(13-8-14-21)16-9-4-3-5-10-16/h3-7,9-12H,2,8,13-15H2,1H3,(H,22,25)(H,23,24). The van der Waals surface area contributed by atoms with Gasteiger partial charge in [0.15, 0.2) is 0 Å². The summed E-state index contributed by atoms with van der Waals surface area (Å²) in [5.74, 6) is 0.0232. The molecule has 1 aliphatic rings. The number of rotatable bonds is 7. The largest absolute Gasteiger partial charge is 0.493 e. The van der Waals surface area contributed by atoms with Gasteiger partial charge in [0.1, 0.15) is 5.75 Å². The van der Waals surface area contributed by atoms with Gasteiger partial charge in [-0.2, -0.15) is 0 Å². The lowest BCUT2D eigenvalue weighted by atomic mass is 9.72. The molecular weight excluding hydrogens is 328 g/mol. The smallest absolute Gasteiger partial charge is 0.255 e. The third-order valence-corrected chi connectivity index (χ3v) is 4.75. The van der Waals surface area contributed by atoms with Gasteiger partial charge < -0.3 is 15.4 Å². The summed E-state index contributed by atoms with van der Waals surface area (Å²) in [6.07, 6.45) is 2.93. The number of para-hydroxylation sites is 1. The first-order valence-corrected chi connectivity index (χ1v) is 9.01. The van der Waals surface area contributed by atoms with E-state index in [1.807, 2.05) is 43.3 Å². The van der Waals surface area contributed by atoms with Crippen LogP contribution < -0.4 is 15.4 Å². The van der Waals surface area contributed by atoms with Gasteiger partial charge in [-0.25, -0.2) is 0 Å². The Hall–Kier alpha value is -2.82. The number of benzene rings is 2. The maximum Gasteiger partial charge on any atom is 0.255 e. The van der Waals surface area contributed by atoms with Crippen LogP contribution in [0.2, 0.25) is 0 Å². The summed E-state index contributed by atoms with van der Waals surface area (Å²) in [4.78, 5) is 24.8. The van der Waals surface area contributed by atoms with Crippen LogP contribution in [0.3, 0.4) is 0 Å². The van der Waals surface area contributed by atoms with Gasteiger partial charge in [0.05, 0.1) is 24.3 Å². The third-order valence-electron chi connectivity index (χ3n) is 4.75. The number of amides is 2. The molecule has 0 heterocycles. The van der Waals surface area contributed by atoms with E-state index in [-0.39, 0.29) is 23.9 Å². The van der Waals surface area contributed by atoms with Crippen molar-refractivity contribution in [2.24, 2.45) is 0 Å². The Labute approximate surface area is 153 Å². The molecule has 26 heavy (non-hydrogen) atoms. The fraction of sp³-hybridized carbons (Fsp3) is 0.333. The van der Waals surface area contributed by atoms with E-state index in [1.165, 1.54) is 0 Å². The zero-order chi connectivity index (χ0) is 18.4. The molecule has 5 nitrogen and oxygen atoms in total. The molecule has 0 saturated heterocycles.